The molecule has 19 heavy (non-hydrogen) atoms. The number of aliphatic hydroxyl groups excluding tert-OH is 1. The Hall–Kier alpha value is -1.46. The standard InChI is InChI=1S/C14H18FNO3/c1-10(17)13(18)16-14(5-7-19-8-6-14)11-3-2-4-12(15)9-11/h2-4,9-10,17H,5-8H2,1H3,(H,16,18). The van der Waals surface area contributed by atoms with E-state index in [0.717, 1.165) is 0 Å². The molecule has 0 aromatic heterocycles. The van der Waals surface area contributed by atoms with Crippen LogP contribution >= 0.6 is 0 Å². The normalized spacial score (nSPS) is 19.7. The number of hydrogen-bond acceptors (Lipinski definition) is 3. The number of benzene rings is 1. The first-order valence-corrected chi connectivity index (χ1v) is 6.37. The number of halogens is 1. The second kappa shape index (κ2) is 5.67. The number of rotatable bonds is 3. The van der Waals surface area contributed by atoms with Crippen molar-refractivity contribution in [3.8, 4) is 0 Å². The first kappa shape index (κ1) is 14.0. The number of carbonyl (C=O) groups excluding carboxylic acids is 1. The first-order chi connectivity index (χ1) is 9.03. The third-order valence-electron chi connectivity index (χ3n) is 3.47. The minimum Gasteiger partial charge on any atom is -0.384 e. The second-order valence-corrected chi connectivity index (χ2v) is 4.87. The van der Waals surface area contributed by atoms with E-state index in [1.165, 1.54) is 19.1 Å². The number of ether oxygens (including phenoxy) is 1. The van der Waals surface area contributed by atoms with Crippen molar-refractivity contribution in [1.82, 2.24) is 5.32 Å². The maximum Gasteiger partial charge on any atom is 0.249 e. The lowest BCUT2D eigenvalue weighted by Crippen LogP contribution is -2.52. The molecule has 1 aliphatic rings. The topological polar surface area (TPSA) is 58.6 Å². The van der Waals surface area contributed by atoms with Gasteiger partial charge in [-0.25, -0.2) is 4.39 Å². The Balaban J connectivity index is 2.31. The highest BCUT2D eigenvalue weighted by molar-refractivity contribution is 5.81. The van der Waals surface area contributed by atoms with Crippen LogP contribution in [0.3, 0.4) is 0 Å². The van der Waals surface area contributed by atoms with E-state index in [9.17, 15) is 14.3 Å². The molecule has 104 valence electrons. The number of nitrogens with one attached hydrogen (secondary N) is 1. The quantitative estimate of drug-likeness (QED) is 0.868. The van der Waals surface area contributed by atoms with Crippen LogP contribution in [-0.4, -0.2) is 30.3 Å². The van der Waals surface area contributed by atoms with E-state index in [1.807, 2.05) is 0 Å². The average Bonchev–Trinajstić information content (AvgIpc) is 2.39. The Kier molecular flexibility index (Phi) is 4.17. The van der Waals surface area contributed by atoms with Gasteiger partial charge in [-0.05, 0) is 37.5 Å². The zero-order chi connectivity index (χ0) is 13.9. The molecule has 1 aromatic rings. The van der Waals surface area contributed by atoms with Crippen LogP contribution in [0.2, 0.25) is 0 Å². The summed E-state index contributed by atoms with van der Waals surface area (Å²) in [6.07, 6.45) is 0.0392. The summed E-state index contributed by atoms with van der Waals surface area (Å²) < 4.78 is 18.7. The fourth-order valence-corrected chi connectivity index (χ4v) is 2.33. The third kappa shape index (κ3) is 3.11. The molecule has 1 amide bonds. The van der Waals surface area contributed by atoms with Gasteiger partial charge in [0.05, 0.1) is 5.54 Å². The minimum absolute atomic E-state index is 0.338. The number of hydrogen-bond donors (Lipinski definition) is 2. The van der Waals surface area contributed by atoms with Gasteiger partial charge < -0.3 is 15.2 Å². The van der Waals surface area contributed by atoms with Gasteiger partial charge >= 0.3 is 0 Å². The predicted molar refractivity (Wildman–Crippen MR) is 68.0 cm³/mol. The van der Waals surface area contributed by atoms with Gasteiger partial charge in [-0.1, -0.05) is 12.1 Å². The molecule has 1 atom stereocenters. The van der Waals surface area contributed by atoms with Gasteiger partial charge in [0, 0.05) is 13.2 Å². The summed E-state index contributed by atoms with van der Waals surface area (Å²) in [6.45, 7) is 2.40. The second-order valence-electron chi connectivity index (χ2n) is 4.87. The van der Waals surface area contributed by atoms with Crippen molar-refractivity contribution < 1.29 is 19.0 Å². The van der Waals surface area contributed by atoms with Crippen molar-refractivity contribution in [2.75, 3.05) is 13.2 Å². The molecule has 0 radical (unpaired) electrons. The van der Waals surface area contributed by atoms with E-state index >= 15 is 0 Å². The fourth-order valence-electron chi connectivity index (χ4n) is 2.33. The van der Waals surface area contributed by atoms with Crippen molar-refractivity contribution in [2.45, 2.75) is 31.4 Å². The zero-order valence-corrected chi connectivity index (χ0v) is 10.9. The SMILES string of the molecule is CC(O)C(=O)NC1(c2cccc(F)c2)CCOCC1. The molecule has 1 aliphatic heterocycles. The van der Waals surface area contributed by atoms with Gasteiger partial charge in [0.2, 0.25) is 5.91 Å². The van der Waals surface area contributed by atoms with Crippen LogP contribution in [0.15, 0.2) is 24.3 Å². The van der Waals surface area contributed by atoms with Gasteiger partial charge in [0.15, 0.2) is 0 Å². The summed E-state index contributed by atoms with van der Waals surface area (Å²) in [5, 5.41) is 12.2. The molecule has 0 spiro atoms. The maximum atomic E-state index is 13.4. The molecule has 1 fully saturated rings. The molecule has 1 saturated heterocycles. The van der Waals surface area contributed by atoms with Crippen LogP contribution < -0.4 is 5.32 Å². The van der Waals surface area contributed by atoms with Crippen molar-refractivity contribution in [3.05, 3.63) is 35.6 Å². The summed E-state index contributed by atoms with van der Waals surface area (Å²) in [5.74, 6) is -0.791. The molecule has 1 unspecified atom stereocenters. The van der Waals surface area contributed by atoms with E-state index in [-0.39, 0.29) is 5.82 Å². The van der Waals surface area contributed by atoms with Crippen LogP contribution in [-0.2, 0) is 15.1 Å². The smallest absolute Gasteiger partial charge is 0.249 e. The van der Waals surface area contributed by atoms with Crippen molar-refractivity contribution in [2.24, 2.45) is 0 Å². The van der Waals surface area contributed by atoms with Crippen LogP contribution in [0.5, 0.6) is 0 Å². The van der Waals surface area contributed by atoms with Crippen molar-refractivity contribution >= 4 is 5.91 Å². The van der Waals surface area contributed by atoms with Gasteiger partial charge in [0.25, 0.3) is 0 Å². The summed E-state index contributed by atoms with van der Waals surface area (Å²) in [5.41, 5.74) is 0.0545. The van der Waals surface area contributed by atoms with E-state index < -0.39 is 17.6 Å². The zero-order valence-electron chi connectivity index (χ0n) is 10.9. The molecule has 4 nitrogen and oxygen atoms in total. The molecule has 1 aromatic carbocycles. The predicted octanol–water partition coefficient (Wildman–Crippen LogP) is 1.33. The maximum absolute atomic E-state index is 13.4. The Labute approximate surface area is 111 Å². The summed E-state index contributed by atoms with van der Waals surface area (Å²) in [4.78, 5) is 11.8. The molecule has 0 saturated carbocycles. The molecule has 5 heteroatoms. The highest BCUT2D eigenvalue weighted by atomic mass is 19.1. The number of aliphatic hydroxyl groups is 1. The first-order valence-electron chi connectivity index (χ1n) is 6.37. The molecular weight excluding hydrogens is 249 g/mol. The van der Waals surface area contributed by atoms with E-state index in [0.29, 0.717) is 31.6 Å². The summed E-state index contributed by atoms with van der Waals surface area (Å²) in [7, 11) is 0. The fraction of sp³-hybridized carbons (Fsp3) is 0.500. The lowest BCUT2D eigenvalue weighted by molar-refractivity contribution is -0.132. The minimum atomic E-state index is -1.09. The lowest BCUT2D eigenvalue weighted by atomic mass is 9.82. The van der Waals surface area contributed by atoms with E-state index in [2.05, 4.69) is 5.32 Å². The lowest BCUT2D eigenvalue weighted by Gasteiger charge is -2.39. The van der Waals surface area contributed by atoms with Gasteiger partial charge in [-0.2, -0.15) is 0 Å². The van der Waals surface area contributed by atoms with Crippen LogP contribution in [0.4, 0.5) is 4.39 Å². The van der Waals surface area contributed by atoms with E-state index in [1.54, 1.807) is 12.1 Å². The Morgan fingerprint density at radius 3 is 2.74 bits per heavy atom. The van der Waals surface area contributed by atoms with Crippen LogP contribution in [0.1, 0.15) is 25.3 Å². The highest BCUT2D eigenvalue weighted by Gasteiger charge is 2.36. The summed E-state index contributed by atoms with van der Waals surface area (Å²) >= 11 is 0. The monoisotopic (exact) mass is 267 g/mol. The molecule has 0 aliphatic carbocycles. The Morgan fingerprint density at radius 2 is 2.16 bits per heavy atom. The average molecular weight is 267 g/mol. The summed E-state index contributed by atoms with van der Waals surface area (Å²) in [6, 6.07) is 6.20. The van der Waals surface area contributed by atoms with Crippen LogP contribution in [0, 0.1) is 5.82 Å². The molecule has 2 rings (SSSR count). The number of amides is 1. The Bertz CT molecular complexity index is 456. The van der Waals surface area contributed by atoms with Gasteiger partial charge in [0.1, 0.15) is 11.9 Å². The van der Waals surface area contributed by atoms with Crippen LogP contribution in [0.25, 0.3) is 0 Å². The van der Waals surface area contributed by atoms with Gasteiger partial charge in [-0.15, -0.1) is 0 Å². The molecular formula is C14H18FNO3. The van der Waals surface area contributed by atoms with E-state index in [4.69, 9.17) is 4.74 Å². The van der Waals surface area contributed by atoms with Crippen molar-refractivity contribution in [3.63, 3.8) is 0 Å². The molecule has 2 N–H and O–H groups in total. The Morgan fingerprint density at radius 1 is 1.47 bits per heavy atom. The van der Waals surface area contributed by atoms with Gasteiger partial charge in [-0.3, -0.25) is 4.79 Å². The number of carbonyl (C=O) groups is 1. The molecule has 1 heterocycles. The highest BCUT2D eigenvalue weighted by Crippen LogP contribution is 2.32. The molecule has 0 bridgehead atoms. The largest absolute Gasteiger partial charge is 0.384 e. The van der Waals surface area contributed by atoms with Crippen molar-refractivity contribution in [1.29, 1.82) is 0 Å². The third-order valence-corrected chi connectivity index (χ3v) is 3.47.